The van der Waals surface area contributed by atoms with E-state index in [0.29, 0.717) is 17.8 Å². The Kier molecular flexibility index (Phi) is 5.31. The highest BCUT2D eigenvalue weighted by Crippen LogP contribution is 2.20. The lowest BCUT2D eigenvalue weighted by Crippen LogP contribution is -2.21. The van der Waals surface area contributed by atoms with Gasteiger partial charge < -0.3 is 4.90 Å². The van der Waals surface area contributed by atoms with Gasteiger partial charge in [0.05, 0.1) is 17.2 Å². The van der Waals surface area contributed by atoms with Gasteiger partial charge in [-0.2, -0.15) is 5.10 Å². The molecule has 4 nitrogen and oxygen atoms in total. The van der Waals surface area contributed by atoms with Crippen LogP contribution in [0.25, 0.3) is 0 Å². The second-order valence-corrected chi connectivity index (χ2v) is 6.10. The molecule has 0 N–H and O–H groups in total. The van der Waals surface area contributed by atoms with E-state index >= 15 is 0 Å². The van der Waals surface area contributed by atoms with E-state index in [9.17, 15) is 4.79 Å². The minimum absolute atomic E-state index is 0.000726. The van der Waals surface area contributed by atoms with Gasteiger partial charge in [-0.05, 0) is 42.0 Å². The summed E-state index contributed by atoms with van der Waals surface area (Å²) >= 11 is 3.43. The lowest BCUT2D eigenvalue weighted by Gasteiger charge is -2.12. The number of aryl methyl sites for hydroxylation is 1. The van der Waals surface area contributed by atoms with E-state index in [2.05, 4.69) is 32.9 Å². The van der Waals surface area contributed by atoms with Crippen LogP contribution in [0.5, 0.6) is 0 Å². The molecule has 0 saturated heterocycles. The Labute approximate surface area is 133 Å². The Balaban J connectivity index is 2.27. The van der Waals surface area contributed by atoms with Crippen LogP contribution in [0, 0.1) is 0 Å². The predicted octanol–water partition coefficient (Wildman–Crippen LogP) is 3.00. The fourth-order valence-electron chi connectivity index (χ4n) is 2.08. The van der Waals surface area contributed by atoms with Gasteiger partial charge >= 0.3 is 0 Å². The molecule has 0 fully saturated rings. The number of carbonyl (C=O) groups excluding carboxylic acids is 1. The van der Waals surface area contributed by atoms with Crippen LogP contribution in [0.4, 0.5) is 0 Å². The van der Waals surface area contributed by atoms with Crippen molar-refractivity contribution in [3.8, 4) is 0 Å². The van der Waals surface area contributed by atoms with Crippen molar-refractivity contribution in [2.75, 3.05) is 20.6 Å². The van der Waals surface area contributed by atoms with Crippen molar-refractivity contribution in [1.82, 2.24) is 14.7 Å². The minimum Gasteiger partial charge on any atom is -0.308 e. The molecule has 0 amide bonds. The second kappa shape index (κ2) is 7.00. The van der Waals surface area contributed by atoms with Gasteiger partial charge in [0.1, 0.15) is 5.69 Å². The van der Waals surface area contributed by atoms with Crippen molar-refractivity contribution in [1.29, 1.82) is 0 Å². The van der Waals surface area contributed by atoms with Crippen LogP contribution >= 0.6 is 15.9 Å². The van der Waals surface area contributed by atoms with Crippen LogP contribution in [0.2, 0.25) is 0 Å². The zero-order valence-electron chi connectivity index (χ0n) is 12.6. The molecule has 2 rings (SSSR count). The molecule has 1 aromatic heterocycles. The Bertz CT molecular complexity index is 617. The van der Waals surface area contributed by atoms with Crippen LogP contribution in [0.15, 0.2) is 34.9 Å². The summed E-state index contributed by atoms with van der Waals surface area (Å²) in [6.07, 6.45) is 2.65. The summed E-state index contributed by atoms with van der Waals surface area (Å²) in [5.74, 6) is 0.000726. The van der Waals surface area contributed by atoms with E-state index < -0.39 is 0 Å². The van der Waals surface area contributed by atoms with Gasteiger partial charge in [-0.15, -0.1) is 0 Å². The van der Waals surface area contributed by atoms with E-state index in [4.69, 9.17) is 0 Å². The van der Waals surface area contributed by atoms with E-state index in [0.717, 1.165) is 17.4 Å². The van der Waals surface area contributed by atoms with Crippen molar-refractivity contribution in [2.24, 2.45) is 0 Å². The molecule has 5 heteroatoms. The average Bonchev–Trinajstić information content (AvgIpc) is 2.85. The van der Waals surface area contributed by atoms with Crippen molar-refractivity contribution >= 4 is 21.7 Å². The summed E-state index contributed by atoms with van der Waals surface area (Å²) in [7, 11) is 4.01. The maximum absolute atomic E-state index is 12.7. The average molecular weight is 350 g/mol. The molecule has 0 aliphatic rings. The molecule has 2 aromatic rings. The lowest BCUT2D eigenvalue weighted by atomic mass is 10.0. The molecule has 0 spiro atoms. The molecule has 0 atom stereocenters. The Morgan fingerprint density at radius 3 is 2.52 bits per heavy atom. The molecule has 0 aliphatic carbocycles. The zero-order chi connectivity index (χ0) is 15.4. The molecule has 1 aromatic carbocycles. The number of hydrogen-bond acceptors (Lipinski definition) is 3. The molecule has 0 saturated carbocycles. The second-order valence-electron chi connectivity index (χ2n) is 5.25. The number of benzene rings is 1. The van der Waals surface area contributed by atoms with Gasteiger partial charge in [-0.1, -0.05) is 31.2 Å². The first-order chi connectivity index (χ1) is 10.0. The van der Waals surface area contributed by atoms with E-state index in [1.54, 1.807) is 10.9 Å². The van der Waals surface area contributed by atoms with Gasteiger partial charge in [-0.3, -0.25) is 9.48 Å². The first-order valence-electron chi connectivity index (χ1n) is 7.02. The van der Waals surface area contributed by atoms with E-state index in [1.165, 1.54) is 5.56 Å². The molecule has 0 radical (unpaired) electrons. The van der Waals surface area contributed by atoms with Crippen LogP contribution in [0.1, 0.15) is 28.5 Å². The smallest absolute Gasteiger partial charge is 0.212 e. The maximum Gasteiger partial charge on any atom is 0.212 e. The third-order valence-electron chi connectivity index (χ3n) is 3.39. The largest absolute Gasteiger partial charge is 0.308 e. The Hall–Kier alpha value is -1.46. The van der Waals surface area contributed by atoms with E-state index in [-0.39, 0.29) is 5.78 Å². The number of aromatic nitrogens is 2. The number of nitrogens with zero attached hydrogens (tertiary/aromatic N) is 3. The summed E-state index contributed by atoms with van der Waals surface area (Å²) in [4.78, 5) is 14.8. The normalized spacial score (nSPS) is 11.1. The summed E-state index contributed by atoms with van der Waals surface area (Å²) in [6.45, 7) is 3.62. The van der Waals surface area contributed by atoms with Crippen molar-refractivity contribution in [3.05, 3.63) is 51.8 Å². The molecule has 112 valence electrons. The minimum atomic E-state index is 0.000726. The monoisotopic (exact) mass is 349 g/mol. The highest BCUT2D eigenvalue weighted by molar-refractivity contribution is 9.10. The van der Waals surface area contributed by atoms with Gasteiger partial charge in [0.2, 0.25) is 5.78 Å². The number of hydrogen-bond donors (Lipinski definition) is 0. The topological polar surface area (TPSA) is 38.1 Å². The first-order valence-corrected chi connectivity index (χ1v) is 7.82. The maximum atomic E-state index is 12.7. The van der Waals surface area contributed by atoms with Crippen molar-refractivity contribution < 1.29 is 4.79 Å². The number of likely N-dealkylation sites (N-methyl/N-ethyl adjacent to an activating group) is 1. The predicted molar refractivity (Wildman–Crippen MR) is 87.7 cm³/mol. The third kappa shape index (κ3) is 3.80. The van der Waals surface area contributed by atoms with Crippen molar-refractivity contribution in [3.63, 3.8) is 0 Å². The molecule has 0 aliphatic heterocycles. The first kappa shape index (κ1) is 15.9. The number of ketones is 1. The molecule has 0 unspecified atom stereocenters. The molecular weight excluding hydrogens is 330 g/mol. The van der Waals surface area contributed by atoms with Gasteiger partial charge in [0.25, 0.3) is 0 Å². The van der Waals surface area contributed by atoms with Gasteiger partial charge in [0, 0.05) is 12.1 Å². The highest BCUT2D eigenvalue weighted by Gasteiger charge is 2.18. The van der Waals surface area contributed by atoms with Crippen LogP contribution in [-0.4, -0.2) is 41.1 Å². The zero-order valence-corrected chi connectivity index (χ0v) is 14.2. The lowest BCUT2D eigenvalue weighted by molar-refractivity contribution is 0.102. The summed E-state index contributed by atoms with van der Waals surface area (Å²) in [6, 6.07) is 7.77. The molecule has 0 bridgehead atoms. The van der Waals surface area contributed by atoms with Crippen LogP contribution < -0.4 is 0 Å². The quantitative estimate of drug-likeness (QED) is 0.752. The SMILES string of the molecule is CCc1ccc(C(=O)c2c(Br)cnn2CCN(C)C)cc1. The Morgan fingerprint density at radius 1 is 1.29 bits per heavy atom. The molecule has 21 heavy (non-hydrogen) atoms. The molecule has 1 heterocycles. The van der Waals surface area contributed by atoms with Gasteiger partial charge in [-0.25, -0.2) is 0 Å². The van der Waals surface area contributed by atoms with Crippen molar-refractivity contribution in [2.45, 2.75) is 19.9 Å². The standard InChI is InChI=1S/C16H20BrN3O/c1-4-12-5-7-13(8-6-12)16(21)15-14(17)11-18-20(15)10-9-19(2)3/h5-8,11H,4,9-10H2,1-3H3. The summed E-state index contributed by atoms with van der Waals surface area (Å²) in [5.41, 5.74) is 2.53. The summed E-state index contributed by atoms with van der Waals surface area (Å²) in [5, 5.41) is 4.29. The van der Waals surface area contributed by atoms with Crippen LogP contribution in [-0.2, 0) is 13.0 Å². The number of carbonyl (C=O) groups is 1. The molecular formula is C16H20BrN3O. The third-order valence-corrected chi connectivity index (χ3v) is 3.97. The number of halogens is 1. The fourth-order valence-corrected chi connectivity index (χ4v) is 2.56. The summed E-state index contributed by atoms with van der Waals surface area (Å²) < 4.78 is 2.51. The number of rotatable bonds is 6. The highest BCUT2D eigenvalue weighted by atomic mass is 79.9. The van der Waals surface area contributed by atoms with E-state index in [1.807, 2.05) is 38.4 Å². The Morgan fingerprint density at radius 2 is 1.95 bits per heavy atom. The fraction of sp³-hybridized carbons (Fsp3) is 0.375. The van der Waals surface area contributed by atoms with Gasteiger partial charge in [0.15, 0.2) is 0 Å². The van der Waals surface area contributed by atoms with Crippen LogP contribution in [0.3, 0.4) is 0 Å².